The molecule has 5 aromatic carbocycles. The van der Waals surface area contributed by atoms with Crippen LogP contribution in [0.15, 0.2) is 115 Å². The van der Waals surface area contributed by atoms with Gasteiger partial charge in [0.05, 0.1) is 38.0 Å². The molecule has 0 N–H and O–H groups in total. The van der Waals surface area contributed by atoms with Crippen molar-refractivity contribution in [3.05, 3.63) is 172 Å². The van der Waals surface area contributed by atoms with Crippen molar-refractivity contribution in [1.82, 2.24) is 14.4 Å². The largest absolute Gasteiger partial charge is 0.496 e. The molecule has 0 unspecified atom stereocenters. The molecule has 61 heavy (non-hydrogen) atoms. The van der Waals surface area contributed by atoms with Gasteiger partial charge in [0.2, 0.25) is 0 Å². The Morgan fingerprint density at radius 2 is 1.52 bits per heavy atom. The van der Waals surface area contributed by atoms with E-state index in [4.69, 9.17) is 14.2 Å². The van der Waals surface area contributed by atoms with Crippen LogP contribution in [-0.4, -0.2) is 72.2 Å². The second-order valence-corrected chi connectivity index (χ2v) is 15.8. The Bertz CT molecular complexity index is 2530. The van der Waals surface area contributed by atoms with Crippen LogP contribution in [0.3, 0.4) is 0 Å². The topological polar surface area (TPSA) is 76.5 Å². The Balaban J connectivity index is 1.15. The number of hydrogen-bond acceptors (Lipinski definition) is 6. The second kappa shape index (κ2) is 18.1. The van der Waals surface area contributed by atoms with Gasteiger partial charge in [0.25, 0.3) is 11.8 Å². The number of amides is 2. The molecule has 1 atom stereocenters. The maximum Gasteiger partial charge on any atom is 0.260 e. The molecule has 0 aliphatic carbocycles. The van der Waals surface area contributed by atoms with Crippen LogP contribution >= 0.6 is 0 Å². The molecule has 6 aromatic rings. The Kier molecular flexibility index (Phi) is 12.3. The van der Waals surface area contributed by atoms with Crippen LogP contribution in [0, 0.1) is 25.5 Å². The number of nitrogens with zero attached hydrogens (tertiary/aromatic N) is 4. The second-order valence-electron chi connectivity index (χ2n) is 15.8. The van der Waals surface area contributed by atoms with Gasteiger partial charge in [0, 0.05) is 61.9 Å². The van der Waals surface area contributed by atoms with E-state index in [-0.39, 0.29) is 29.6 Å². The van der Waals surface area contributed by atoms with E-state index >= 15 is 8.78 Å². The molecule has 11 heteroatoms. The molecule has 1 aromatic heterocycles. The highest BCUT2D eigenvalue weighted by Gasteiger charge is 2.35. The summed E-state index contributed by atoms with van der Waals surface area (Å²) in [6, 6.07) is 34.6. The van der Waals surface area contributed by atoms with Gasteiger partial charge in [-0.3, -0.25) is 14.5 Å². The van der Waals surface area contributed by atoms with E-state index in [1.807, 2.05) is 105 Å². The molecule has 1 saturated heterocycles. The summed E-state index contributed by atoms with van der Waals surface area (Å²) < 4.78 is 49.7. The van der Waals surface area contributed by atoms with Crippen LogP contribution in [0.25, 0.3) is 11.3 Å². The normalized spacial score (nSPS) is 15.3. The molecular weight excluding hydrogens is 775 g/mol. The first-order chi connectivity index (χ1) is 29.6. The molecule has 3 heterocycles. The van der Waals surface area contributed by atoms with Gasteiger partial charge in [0.1, 0.15) is 18.1 Å². The lowest BCUT2D eigenvalue weighted by molar-refractivity contribution is 0.0193. The number of methoxy groups -OCH3 is 1. The Morgan fingerprint density at radius 1 is 0.820 bits per heavy atom. The molecular formula is C50H50F2N4O5. The van der Waals surface area contributed by atoms with Crippen LogP contribution in [0.5, 0.6) is 11.5 Å². The summed E-state index contributed by atoms with van der Waals surface area (Å²) >= 11 is 0. The Hall–Kier alpha value is -6.30. The summed E-state index contributed by atoms with van der Waals surface area (Å²) in [4.78, 5) is 35.6. The number of hydrogen-bond donors (Lipinski definition) is 0. The van der Waals surface area contributed by atoms with Crippen LogP contribution in [0.2, 0.25) is 0 Å². The fourth-order valence-corrected chi connectivity index (χ4v) is 8.45. The van der Waals surface area contributed by atoms with Crippen molar-refractivity contribution in [2.75, 3.05) is 44.9 Å². The van der Waals surface area contributed by atoms with Crippen molar-refractivity contribution in [1.29, 1.82) is 0 Å². The summed E-state index contributed by atoms with van der Waals surface area (Å²) in [6.07, 6.45) is 0.628. The van der Waals surface area contributed by atoms with E-state index in [1.54, 1.807) is 34.6 Å². The fraction of sp³-hybridized carbons (Fsp3) is 0.280. The highest BCUT2D eigenvalue weighted by molar-refractivity contribution is 6.08. The number of aromatic nitrogens is 1. The summed E-state index contributed by atoms with van der Waals surface area (Å²) in [5.74, 6) is -1.57. The van der Waals surface area contributed by atoms with E-state index in [1.165, 1.54) is 5.56 Å². The maximum atomic E-state index is 15.4. The number of ether oxygens (including phenoxy) is 3. The van der Waals surface area contributed by atoms with Crippen LogP contribution < -0.4 is 14.4 Å². The molecule has 0 radical (unpaired) electrons. The van der Waals surface area contributed by atoms with Crippen LogP contribution in [0.4, 0.5) is 14.5 Å². The summed E-state index contributed by atoms with van der Waals surface area (Å²) in [6.45, 7) is 8.04. The van der Waals surface area contributed by atoms with E-state index in [0.29, 0.717) is 73.5 Å². The van der Waals surface area contributed by atoms with Crippen molar-refractivity contribution in [3.63, 3.8) is 0 Å². The van der Waals surface area contributed by atoms with Gasteiger partial charge in [-0.2, -0.15) is 0 Å². The first kappa shape index (κ1) is 41.4. The monoisotopic (exact) mass is 824 g/mol. The lowest BCUT2D eigenvalue weighted by atomic mass is 9.92. The number of carbonyl (C=O) groups excluding carboxylic acids is 2. The summed E-state index contributed by atoms with van der Waals surface area (Å²) in [7, 11) is 3.38. The standard InChI is InChI=1S/C50H50F2N4O5/c1-33-37(15-10-16-48(33)59-4)29-55(39-17-19-41(20-18-39)61-32-35-11-6-5-7-12-35)49(57)42-28-47(53(3)34(42)2)43-26-45(51)46(52)27-44(43)50(58)56-30-38-14-9-8-13-36(38)25-40(56)31-54-21-23-60-24-22-54/h5-20,26-28,40H,21-25,29-32H2,1-4H3/t40-/m0/s1. The molecule has 314 valence electrons. The highest BCUT2D eigenvalue weighted by atomic mass is 19.2. The molecule has 9 nitrogen and oxygen atoms in total. The van der Waals surface area contributed by atoms with Crippen molar-refractivity contribution < 1.29 is 32.6 Å². The quantitative estimate of drug-likeness (QED) is 0.123. The maximum absolute atomic E-state index is 15.4. The molecule has 2 aliphatic rings. The molecule has 8 rings (SSSR count). The van der Waals surface area contributed by atoms with Crippen LogP contribution in [0.1, 0.15) is 54.2 Å². The fourth-order valence-electron chi connectivity index (χ4n) is 8.45. The summed E-state index contributed by atoms with van der Waals surface area (Å²) in [5, 5.41) is 0. The molecule has 2 amide bonds. The number of anilines is 1. The zero-order chi connectivity index (χ0) is 42.6. The van der Waals surface area contributed by atoms with Gasteiger partial charge in [0.15, 0.2) is 11.6 Å². The van der Waals surface area contributed by atoms with E-state index < -0.39 is 17.5 Å². The van der Waals surface area contributed by atoms with E-state index in [9.17, 15) is 9.59 Å². The van der Waals surface area contributed by atoms with Crippen molar-refractivity contribution >= 4 is 17.5 Å². The smallest absolute Gasteiger partial charge is 0.260 e. The zero-order valence-electron chi connectivity index (χ0n) is 35.0. The van der Waals surface area contributed by atoms with Crippen molar-refractivity contribution in [2.24, 2.45) is 7.05 Å². The number of halogens is 2. The predicted molar refractivity (Wildman–Crippen MR) is 232 cm³/mol. The zero-order valence-corrected chi connectivity index (χ0v) is 35.0. The Morgan fingerprint density at radius 3 is 2.26 bits per heavy atom. The van der Waals surface area contributed by atoms with Crippen molar-refractivity contribution in [2.45, 2.75) is 46.0 Å². The minimum absolute atomic E-state index is 0.0276. The molecule has 0 bridgehead atoms. The average Bonchev–Trinajstić information content (AvgIpc) is 3.58. The van der Waals surface area contributed by atoms with E-state index in [2.05, 4.69) is 11.0 Å². The molecule has 0 saturated carbocycles. The third-order valence-corrected chi connectivity index (χ3v) is 12.1. The third-order valence-electron chi connectivity index (χ3n) is 12.1. The first-order valence-electron chi connectivity index (χ1n) is 20.6. The van der Waals surface area contributed by atoms with Gasteiger partial charge in [-0.25, -0.2) is 8.78 Å². The first-order valence-corrected chi connectivity index (χ1v) is 20.6. The van der Waals surface area contributed by atoms with Gasteiger partial charge in [-0.1, -0.05) is 66.7 Å². The van der Waals surface area contributed by atoms with Gasteiger partial charge < -0.3 is 28.6 Å². The van der Waals surface area contributed by atoms with Crippen molar-refractivity contribution in [3.8, 4) is 22.8 Å². The highest BCUT2D eigenvalue weighted by Crippen LogP contribution is 2.35. The number of rotatable bonds is 12. The third kappa shape index (κ3) is 8.80. The molecule has 0 spiro atoms. The predicted octanol–water partition coefficient (Wildman–Crippen LogP) is 8.92. The molecule has 1 fully saturated rings. The number of fused-ring (bicyclic) bond motifs is 1. The minimum Gasteiger partial charge on any atom is -0.496 e. The Labute approximate surface area is 355 Å². The minimum atomic E-state index is -1.12. The van der Waals surface area contributed by atoms with Crippen LogP contribution in [-0.2, 0) is 37.9 Å². The lowest BCUT2D eigenvalue weighted by Gasteiger charge is -2.40. The van der Waals surface area contributed by atoms with E-state index in [0.717, 1.165) is 47.5 Å². The number of benzene rings is 5. The number of morpholine rings is 1. The SMILES string of the molecule is COc1cccc(CN(C(=O)c2cc(-c3cc(F)c(F)cc3C(=O)N3Cc4ccccc4C[C@H]3CN3CCOCC3)n(C)c2C)c2ccc(OCc3ccccc3)cc2)c1C. The van der Waals surface area contributed by atoms with Gasteiger partial charge in [-0.15, -0.1) is 0 Å². The summed E-state index contributed by atoms with van der Waals surface area (Å²) in [5.41, 5.74) is 7.21. The number of carbonyl (C=O) groups is 2. The van der Waals surface area contributed by atoms with Gasteiger partial charge in [-0.05, 0) is 96.6 Å². The average molecular weight is 825 g/mol. The van der Waals surface area contributed by atoms with Gasteiger partial charge >= 0.3 is 0 Å². The molecule has 2 aliphatic heterocycles. The lowest BCUT2D eigenvalue weighted by Crippen LogP contribution is -2.52.